The van der Waals surface area contributed by atoms with Crippen molar-refractivity contribution in [1.29, 1.82) is 10.7 Å². The molecule has 0 bridgehead atoms. The van der Waals surface area contributed by atoms with Crippen LogP contribution in [0.5, 0.6) is 0 Å². The van der Waals surface area contributed by atoms with E-state index in [0.29, 0.717) is 40.6 Å². The standard InChI is InChI=1S/C21H21F3N6/c1-10(26)17-15(27)5-6-16-18(17)12-4-3-11(8-25)7-13(12)19(30-16)14(9-29-2)20(28)21(22,23)24/h5-6,9,11,26H,3-4,7,27-28H2,1-2H3. The smallest absolute Gasteiger partial charge is 0.398 e. The molecule has 156 valence electrons. The molecule has 0 saturated heterocycles. The molecule has 2 aromatic rings. The molecule has 1 aromatic heterocycles. The molecule has 0 radical (unpaired) electrons. The van der Waals surface area contributed by atoms with Gasteiger partial charge in [-0.15, -0.1) is 0 Å². The molecule has 1 unspecified atom stereocenters. The summed E-state index contributed by atoms with van der Waals surface area (Å²) < 4.78 is 40.4. The van der Waals surface area contributed by atoms with E-state index >= 15 is 0 Å². The maximum Gasteiger partial charge on any atom is 0.431 e. The van der Waals surface area contributed by atoms with E-state index in [1.165, 1.54) is 7.05 Å². The molecule has 0 aliphatic heterocycles. The SMILES string of the molecule is CN=CC(=C(N)C(F)(F)F)c1nc2ccc(N)c(C(C)=N)c2c2c1CC(C#N)CC2. The van der Waals surface area contributed by atoms with Gasteiger partial charge in [0, 0.05) is 41.2 Å². The van der Waals surface area contributed by atoms with Crippen LogP contribution < -0.4 is 11.5 Å². The van der Waals surface area contributed by atoms with Crippen LogP contribution in [0.25, 0.3) is 16.5 Å². The van der Waals surface area contributed by atoms with Gasteiger partial charge < -0.3 is 16.9 Å². The predicted molar refractivity (Wildman–Crippen MR) is 111 cm³/mol. The van der Waals surface area contributed by atoms with Gasteiger partial charge in [0.15, 0.2) is 0 Å². The molecule has 0 fully saturated rings. The molecule has 6 nitrogen and oxygen atoms in total. The maximum absolute atomic E-state index is 13.5. The van der Waals surface area contributed by atoms with Crippen molar-refractivity contribution in [2.45, 2.75) is 32.4 Å². The number of fused-ring (bicyclic) bond motifs is 3. The molecule has 1 heterocycles. The lowest BCUT2D eigenvalue weighted by molar-refractivity contribution is -0.0918. The number of benzene rings is 1. The number of allylic oxidation sites excluding steroid dienone is 2. The Morgan fingerprint density at radius 3 is 2.63 bits per heavy atom. The monoisotopic (exact) mass is 414 g/mol. The molecule has 0 amide bonds. The topological polar surface area (TPSA) is 125 Å². The minimum absolute atomic E-state index is 0.0660. The van der Waals surface area contributed by atoms with Crippen molar-refractivity contribution in [2.24, 2.45) is 16.6 Å². The minimum atomic E-state index is -4.76. The largest absolute Gasteiger partial charge is 0.431 e. The van der Waals surface area contributed by atoms with Gasteiger partial charge in [0.2, 0.25) is 0 Å². The first-order valence-corrected chi connectivity index (χ1v) is 9.28. The second-order valence-corrected chi connectivity index (χ2v) is 7.25. The summed E-state index contributed by atoms with van der Waals surface area (Å²) in [6.07, 6.45) is -2.45. The molecule has 5 N–H and O–H groups in total. The summed E-state index contributed by atoms with van der Waals surface area (Å²) in [7, 11) is 1.35. The van der Waals surface area contributed by atoms with E-state index in [4.69, 9.17) is 16.9 Å². The van der Waals surface area contributed by atoms with E-state index in [2.05, 4.69) is 16.0 Å². The van der Waals surface area contributed by atoms with Gasteiger partial charge >= 0.3 is 6.18 Å². The number of halogens is 3. The van der Waals surface area contributed by atoms with E-state index in [0.717, 1.165) is 11.8 Å². The first-order chi connectivity index (χ1) is 14.1. The number of nitrogens with zero attached hydrogens (tertiary/aromatic N) is 3. The van der Waals surface area contributed by atoms with Crippen molar-refractivity contribution in [1.82, 2.24) is 4.98 Å². The fourth-order valence-corrected chi connectivity index (χ4v) is 3.93. The molecule has 9 heteroatoms. The summed E-state index contributed by atoms with van der Waals surface area (Å²) in [6, 6.07) is 5.42. The number of aryl methyl sites for hydroxylation is 1. The third-order valence-electron chi connectivity index (χ3n) is 5.26. The van der Waals surface area contributed by atoms with E-state index in [-0.39, 0.29) is 29.3 Å². The lowest BCUT2D eigenvalue weighted by Crippen LogP contribution is -2.24. The zero-order valence-corrected chi connectivity index (χ0v) is 16.6. The molecule has 30 heavy (non-hydrogen) atoms. The lowest BCUT2D eigenvalue weighted by Gasteiger charge is -2.26. The van der Waals surface area contributed by atoms with Crippen LogP contribution in [-0.4, -0.2) is 30.1 Å². The summed E-state index contributed by atoms with van der Waals surface area (Å²) in [5.41, 5.74) is 12.9. The van der Waals surface area contributed by atoms with Gasteiger partial charge in [0.05, 0.1) is 23.2 Å². The number of nitriles is 1. The highest BCUT2D eigenvalue weighted by molar-refractivity contribution is 6.15. The Labute approximate surface area is 171 Å². The van der Waals surface area contributed by atoms with Crippen molar-refractivity contribution in [2.75, 3.05) is 12.8 Å². The average molecular weight is 414 g/mol. The number of nitrogen functional groups attached to an aromatic ring is 1. The molecule has 0 spiro atoms. The first kappa shape index (κ1) is 21.3. The van der Waals surface area contributed by atoms with Crippen molar-refractivity contribution >= 4 is 34.1 Å². The van der Waals surface area contributed by atoms with Crippen molar-refractivity contribution in [3.63, 3.8) is 0 Å². The maximum atomic E-state index is 13.5. The van der Waals surface area contributed by atoms with E-state index in [1.807, 2.05) is 0 Å². The molecule has 1 aliphatic carbocycles. The highest BCUT2D eigenvalue weighted by atomic mass is 19.4. The van der Waals surface area contributed by atoms with Crippen LogP contribution in [0.3, 0.4) is 0 Å². The molecule has 1 atom stereocenters. The van der Waals surface area contributed by atoms with Crippen LogP contribution in [0, 0.1) is 22.7 Å². The highest BCUT2D eigenvalue weighted by Gasteiger charge is 2.36. The van der Waals surface area contributed by atoms with Gasteiger partial charge in [-0.2, -0.15) is 18.4 Å². The van der Waals surface area contributed by atoms with Crippen LogP contribution >= 0.6 is 0 Å². The van der Waals surface area contributed by atoms with E-state index in [9.17, 15) is 18.4 Å². The molecular weight excluding hydrogens is 393 g/mol. The number of pyridine rings is 1. The van der Waals surface area contributed by atoms with Gasteiger partial charge in [0.1, 0.15) is 5.70 Å². The minimum Gasteiger partial charge on any atom is -0.398 e. The summed E-state index contributed by atoms with van der Waals surface area (Å²) in [5.74, 6) is -0.354. The summed E-state index contributed by atoms with van der Waals surface area (Å²) in [4.78, 5) is 8.26. The number of alkyl halides is 3. The fraction of sp³-hybridized carbons (Fsp3) is 0.333. The second-order valence-electron chi connectivity index (χ2n) is 7.25. The number of anilines is 1. The van der Waals surface area contributed by atoms with Crippen LogP contribution in [0.2, 0.25) is 0 Å². The number of aromatic nitrogens is 1. The van der Waals surface area contributed by atoms with Gasteiger partial charge in [-0.05, 0) is 49.4 Å². The fourth-order valence-electron chi connectivity index (χ4n) is 3.93. The predicted octanol–water partition coefficient (Wildman–Crippen LogP) is 3.77. The number of nitrogens with one attached hydrogen (secondary N) is 1. The van der Waals surface area contributed by atoms with Gasteiger partial charge in [0.25, 0.3) is 0 Å². The van der Waals surface area contributed by atoms with Crippen molar-refractivity contribution in [3.8, 4) is 6.07 Å². The number of hydrogen-bond acceptors (Lipinski definition) is 6. The van der Waals surface area contributed by atoms with Crippen LogP contribution in [0.1, 0.15) is 35.7 Å². The zero-order valence-electron chi connectivity index (χ0n) is 16.6. The molecule has 1 aliphatic rings. The van der Waals surface area contributed by atoms with Gasteiger partial charge in [-0.25, -0.2) is 4.98 Å². The zero-order chi connectivity index (χ0) is 22.2. The third kappa shape index (κ3) is 3.61. The molecule has 1 aromatic carbocycles. The highest BCUT2D eigenvalue weighted by Crippen LogP contribution is 2.39. The Hall–Kier alpha value is -3.41. The number of rotatable bonds is 3. The number of aliphatic imine (C=N–C) groups is 1. The lowest BCUT2D eigenvalue weighted by atomic mass is 9.79. The van der Waals surface area contributed by atoms with Crippen molar-refractivity contribution in [3.05, 3.63) is 40.2 Å². The normalized spacial score (nSPS) is 17.5. The quantitative estimate of drug-likeness (QED) is 0.522. The molecular formula is C21H21F3N6. The molecule has 0 saturated carbocycles. The first-order valence-electron chi connectivity index (χ1n) is 9.28. The molecule has 3 rings (SSSR count). The van der Waals surface area contributed by atoms with Crippen molar-refractivity contribution < 1.29 is 13.2 Å². The third-order valence-corrected chi connectivity index (χ3v) is 5.26. The Bertz CT molecular complexity index is 1140. The van der Waals surface area contributed by atoms with E-state index < -0.39 is 11.9 Å². The van der Waals surface area contributed by atoms with Crippen LogP contribution in [-0.2, 0) is 12.8 Å². The van der Waals surface area contributed by atoms with Crippen LogP contribution in [0.15, 0.2) is 22.8 Å². The Kier molecular flexibility index (Phi) is 5.53. The average Bonchev–Trinajstić information content (AvgIpc) is 2.69. The second kappa shape index (κ2) is 7.78. The Balaban J connectivity index is 2.49. The van der Waals surface area contributed by atoms with Crippen LogP contribution in [0.4, 0.5) is 18.9 Å². The van der Waals surface area contributed by atoms with Gasteiger partial charge in [-0.1, -0.05) is 0 Å². The summed E-state index contributed by atoms with van der Waals surface area (Å²) in [5, 5.41) is 18.2. The number of nitrogens with two attached hydrogens (primary N) is 2. The van der Waals surface area contributed by atoms with E-state index in [1.54, 1.807) is 19.1 Å². The summed E-state index contributed by atoms with van der Waals surface area (Å²) >= 11 is 0. The summed E-state index contributed by atoms with van der Waals surface area (Å²) in [6.45, 7) is 1.60. The Morgan fingerprint density at radius 2 is 2.07 bits per heavy atom. The van der Waals surface area contributed by atoms with Gasteiger partial charge in [-0.3, -0.25) is 4.99 Å². The Morgan fingerprint density at radius 1 is 1.37 bits per heavy atom. The number of hydrogen-bond donors (Lipinski definition) is 3.